The van der Waals surface area contributed by atoms with E-state index >= 15 is 0 Å². The molecule has 5 rings (SSSR count). The van der Waals surface area contributed by atoms with E-state index in [1.165, 1.54) is 5.56 Å². The van der Waals surface area contributed by atoms with Crippen LogP contribution in [0.1, 0.15) is 22.3 Å². The van der Waals surface area contributed by atoms with Gasteiger partial charge in [0.25, 0.3) is 0 Å². The molecule has 0 fully saturated rings. The zero-order valence-corrected chi connectivity index (χ0v) is 17.9. The van der Waals surface area contributed by atoms with Gasteiger partial charge in [0.15, 0.2) is 0 Å². The topological polar surface area (TPSA) is 30.7 Å². The second kappa shape index (κ2) is 7.88. The highest BCUT2D eigenvalue weighted by molar-refractivity contribution is 9.08. The molecular formula is C26H20BrN3. The van der Waals surface area contributed by atoms with Gasteiger partial charge in [-0.2, -0.15) is 0 Å². The lowest BCUT2D eigenvalue weighted by Gasteiger charge is -2.36. The third-order valence-electron chi connectivity index (χ3n) is 5.56. The summed E-state index contributed by atoms with van der Waals surface area (Å²) in [4.78, 5) is 0. The Morgan fingerprint density at radius 1 is 0.667 bits per heavy atom. The highest BCUT2D eigenvalue weighted by Crippen LogP contribution is 2.41. The predicted molar refractivity (Wildman–Crippen MR) is 125 cm³/mol. The number of benzene rings is 4. The number of aromatic nitrogens is 3. The second-order valence-electron chi connectivity index (χ2n) is 7.27. The number of halogens is 1. The fraction of sp³-hybridized carbons (Fsp3) is 0.0769. The first-order valence-electron chi connectivity index (χ1n) is 9.91. The fourth-order valence-corrected chi connectivity index (χ4v) is 4.55. The summed E-state index contributed by atoms with van der Waals surface area (Å²) < 4.78 is 2.08. The summed E-state index contributed by atoms with van der Waals surface area (Å²) in [5.41, 5.74) is 5.84. The van der Waals surface area contributed by atoms with E-state index in [2.05, 4.69) is 111 Å². The van der Waals surface area contributed by atoms with Crippen LogP contribution in [-0.2, 0) is 10.9 Å². The van der Waals surface area contributed by atoms with Crippen LogP contribution in [0, 0.1) is 0 Å². The second-order valence-corrected chi connectivity index (χ2v) is 7.83. The van der Waals surface area contributed by atoms with Crippen LogP contribution in [0.5, 0.6) is 0 Å². The molecule has 0 aliphatic heterocycles. The van der Waals surface area contributed by atoms with Crippen LogP contribution in [0.3, 0.4) is 0 Å². The summed E-state index contributed by atoms with van der Waals surface area (Å²) in [5.74, 6) is 0. The van der Waals surface area contributed by atoms with Crippen LogP contribution >= 0.6 is 15.9 Å². The van der Waals surface area contributed by atoms with Gasteiger partial charge in [0.2, 0.25) is 0 Å². The Kier molecular flexibility index (Phi) is 4.93. The highest BCUT2D eigenvalue weighted by Gasteiger charge is 2.40. The van der Waals surface area contributed by atoms with Crippen LogP contribution in [0.4, 0.5) is 0 Å². The Balaban J connectivity index is 1.95. The molecule has 1 aromatic heterocycles. The Morgan fingerprint density at radius 2 is 1.17 bits per heavy atom. The molecule has 0 aliphatic rings. The minimum absolute atomic E-state index is 0.649. The molecule has 0 atom stereocenters. The van der Waals surface area contributed by atoms with Crippen molar-refractivity contribution in [2.45, 2.75) is 10.9 Å². The van der Waals surface area contributed by atoms with Gasteiger partial charge >= 0.3 is 0 Å². The first-order chi connectivity index (χ1) is 14.8. The Morgan fingerprint density at radius 3 is 1.63 bits per heavy atom. The molecule has 0 saturated carbocycles. The number of hydrogen-bond donors (Lipinski definition) is 0. The molecule has 4 heteroatoms. The maximum absolute atomic E-state index is 4.72. The normalized spacial score (nSPS) is 11.6. The van der Waals surface area contributed by atoms with Crippen molar-refractivity contribution < 1.29 is 0 Å². The summed E-state index contributed by atoms with van der Waals surface area (Å²) in [5, 5.41) is 10.0. The van der Waals surface area contributed by atoms with E-state index in [1.807, 2.05) is 24.3 Å². The van der Waals surface area contributed by atoms with Crippen molar-refractivity contribution in [2.75, 3.05) is 0 Å². The minimum Gasteiger partial charge on any atom is -0.225 e. The fourth-order valence-electron chi connectivity index (χ4n) is 4.20. The van der Waals surface area contributed by atoms with Crippen molar-refractivity contribution in [3.63, 3.8) is 0 Å². The van der Waals surface area contributed by atoms with E-state index in [9.17, 15) is 0 Å². The van der Waals surface area contributed by atoms with Crippen molar-refractivity contribution in [3.05, 3.63) is 131 Å². The lowest BCUT2D eigenvalue weighted by molar-refractivity contribution is 0.460. The first-order valence-corrected chi connectivity index (χ1v) is 11.0. The Hall–Kier alpha value is -3.24. The van der Waals surface area contributed by atoms with E-state index in [0.717, 1.165) is 33.1 Å². The van der Waals surface area contributed by atoms with Crippen LogP contribution in [0.25, 0.3) is 11.0 Å². The summed E-state index contributed by atoms with van der Waals surface area (Å²) >= 11 is 3.59. The maximum Gasteiger partial charge on any atom is 0.140 e. The number of rotatable bonds is 5. The predicted octanol–water partition coefficient (Wildman–Crippen LogP) is 6.17. The van der Waals surface area contributed by atoms with Crippen molar-refractivity contribution in [2.24, 2.45) is 0 Å². The molecule has 0 unspecified atom stereocenters. The number of hydrogen-bond acceptors (Lipinski definition) is 2. The third kappa shape index (κ3) is 2.96. The SMILES string of the molecule is BrCc1ccc2nnn(C(c3ccccc3)(c3ccccc3)c3ccccc3)c2c1. The lowest BCUT2D eigenvalue weighted by atomic mass is 9.77. The van der Waals surface area contributed by atoms with Crippen molar-refractivity contribution in [3.8, 4) is 0 Å². The molecule has 3 nitrogen and oxygen atoms in total. The molecule has 0 saturated heterocycles. The van der Waals surface area contributed by atoms with Crippen molar-refractivity contribution in [1.82, 2.24) is 15.0 Å². The number of nitrogens with zero attached hydrogens (tertiary/aromatic N) is 3. The van der Waals surface area contributed by atoms with Crippen LogP contribution in [0.15, 0.2) is 109 Å². The Bertz CT molecular complexity index is 1170. The standard InChI is InChI=1S/C26H20BrN3/c27-19-20-16-17-24-25(18-20)30(29-28-24)26(21-10-4-1-5-11-21,22-12-6-2-7-13-22)23-14-8-3-9-15-23/h1-18H,19H2. The van der Waals surface area contributed by atoms with Gasteiger partial charge in [0.05, 0.1) is 5.52 Å². The van der Waals surface area contributed by atoms with Gasteiger partial charge in [-0.25, -0.2) is 4.68 Å². The summed E-state index contributed by atoms with van der Waals surface area (Å²) in [7, 11) is 0. The average molecular weight is 454 g/mol. The molecule has 0 aliphatic carbocycles. The van der Waals surface area contributed by atoms with Gasteiger partial charge in [0, 0.05) is 5.33 Å². The summed E-state index contributed by atoms with van der Waals surface area (Å²) in [6.45, 7) is 0. The van der Waals surface area contributed by atoms with Crippen LogP contribution in [0.2, 0.25) is 0 Å². The van der Waals surface area contributed by atoms with Gasteiger partial charge < -0.3 is 0 Å². The van der Waals surface area contributed by atoms with Crippen LogP contribution < -0.4 is 0 Å². The Labute approximate surface area is 184 Å². The lowest BCUT2D eigenvalue weighted by Crippen LogP contribution is -2.38. The van der Waals surface area contributed by atoms with Gasteiger partial charge in [-0.05, 0) is 34.4 Å². The molecule has 0 radical (unpaired) electrons. The van der Waals surface area contributed by atoms with E-state index in [1.54, 1.807) is 0 Å². The first kappa shape index (κ1) is 18.8. The van der Waals surface area contributed by atoms with Gasteiger partial charge in [-0.3, -0.25) is 0 Å². The quantitative estimate of drug-likeness (QED) is 0.235. The molecule has 146 valence electrons. The molecule has 30 heavy (non-hydrogen) atoms. The van der Waals surface area contributed by atoms with Gasteiger partial charge in [-0.15, -0.1) is 5.10 Å². The highest BCUT2D eigenvalue weighted by atomic mass is 79.9. The molecule has 1 heterocycles. The molecule has 0 bridgehead atoms. The van der Waals surface area contributed by atoms with E-state index in [4.69, 9.17) is 5.21 Å². The van der Waals surface area contributed by atoms with Crippen molar-refractivity contribution >= 4 is 27.0 Å². The summed E-state index contributed by atoms with van der Waals surface area (Å²) in [6, 6.07) is 38.0. The third-order valence-corrected chi connectivity index (χ3v) is 6.20. The zero-order valence-electron chi connectivity index (χ0n) is 16.3. The molecule has 4 aromatic carbocycles. The molecule has 0 N–H and O–H groups in total. The number of alkyl halides is 1. The maximum atomic E-state index is 4.72. The average Bonchev–Trinajstić information content (AvgIpc) is 3.25. The van der Waals surface area contributed by atoms with E-state index in [0.29, 0.717) is 0 Å². The monoisotopic (exact) mass is 453 g/mol. The number of fused-ring (bicyclic) bond motifs is 1. The smallest absolute Gasteiger partial charge is 0.140 e. The van der Waals surface area contributed by atoms with E-state index in [-0.39, 0.29) is 0 Å². The minimum atomic E-state index is -0.649. The molecule has 5 aromatic rings. The molecule has 0 amide bonds. The largest absolute Gasteiger partial charge is 0.225 e. The van der Waals surface area contributed by atoms with Crippen LogP contribution in [-0.4, -0.2) is 15.0 Å². The van der Waals surface area contributed by atoms with E-state index < -0.39 is 5.54 Å². The summed E-state index contributed by atoms with van der Waals surface area (Å²) in [6.07, 6.45) is 0. The van der Waals surface area contributed by atoms with Crippen molar-refractivity contribution in [1.29, 1.82) is 0 Å². The molecule has 0 spiro atoms. The zero-order chi connectivity index (χ0) is 20.4. The van der Waals surface area contributed by atoms with Gasteiger partial charge in [-0.1, -0.05) is 118 Å². The molecular weight excluding hydrogens is 434 g/mol. The van der Waals surface area contributed by atoms with Gasteiger partial charge in [0.1, 0.15) is 11.1 Å².